The van der Waals surface area contributed by atoms with Gasteiger partial charge < -0.3 is 10.0 Å². The monoisotopic (exact) mass is 330 g/mol. The summed E-state index contributed by atoms with van der Waals surface area (Å²) in [6, 6.07) is 6.35. The van der Waals surface area contributed by atoms with E-state index in [0.717, 1.165) is 5.56 Å². The summed E-state index contributed by atoms with van der Waals surface area (Å²) in [5.41, 5.74) is 0.110. The molecule has 0 saturated carbocycles. The van der Waals surface area contributed by atoms with E-state index in [0.29, 0.717) is 0 Å². The van der Waals surface area contributed by atoms with Crippen molar-refractivity contribution in [3.8, 4) is 5.75 Å². The van der Waals surface area contributed by atoms with Crippen LogP contribution >= 0.6 is 0 Å². The van der Waals surface area contributed by atoms with Gasteiger partial charge in [0.05, 0.1) is 13.0 Å². The average Bonchev–Trinajstić information content (AvgIpc) is 2.38. The lowest BCUT2D eigenvalue weighted by Gasteiger charge is -2.47. The van der Waals surface area contributed by atoms with Gasteiger partial charge in [0.1, 0.15) is 5.75 Å². The van der Waals surface area contributed by atoms with E-state index in [1.54, 1.807) is 30.9 Å². The summed E-state index contributed by atoms with van der Waals surface area (Å²) in [7, 11) is 0. The molecule has 0 radical (unpaired) electrons. The minimum absolute atomic E-state index is 0.118. The van der Waals surface area contributed by atoms with E-state index < -0.39 is 18.3 Å². The van der Waals surface area contributed by atoms with Crippen molar-refractivity contribution in [1.29, 1.82) is 0 Å². The van der Waals surface area contributed by atoms with E-state index >= 15 is 0 Å². The highest BCUT2D eigenvalue weighted by molar-refractivity contribution is 5.79. The fraction of sp³-hybridized carbons (Fsp3) is 0.562. The first-order valence-electron chi connectivity index (χ1n) is 7.44. The van der Waals surface area contributed by atoms with Crippen molar-refractivity contribution >= 4 is 5.91 Å². The second-order valence-electron chi connectivity index (χ2n) is 6.53. The molecule has 0 bridgehead atoms. The third-order valence-electron chi connectivity index (χ3n) is 3.98. The number of piperazine rings is 1. The van der Waals surface area contributed by atoms with E-state index in [4.69, 9.17) is 0 Å². The normalized spacial score (nSPS) is 18.9. The molecule has 128 valence electrons. The van der Waals surface area contributed by atoms with Gasteiger partial charge in [-0.25, -0.2) is 0 Å². The molecule has 1 fully saturated rings. The summed E-state index contributed by atoms with van der Waals surface area (Å²) in [6.45, 7) is 3.29. The van der Waals surface area contributed by atoms with Gasteiger partial charge in [-0.05, 0) is 31.5 Å². The third kappa shape index (κ3) is 4.86. The topological polar surface area (TPSA) is 43.8 Å². The lowest BCUT2D eigenvalue weighted by molar-refractivity contribution is -0.160. The van der Waals surface area contributed by atoms with Crippen molar-refractivity contribution in [3.63, 3.8) is 0 Å². The van der Waals surface area contributed by atoms with Crippen molar-refractivity contribution in [3.05, 3.63) is 29.8 Å². The van der Waals surface area contributed by atoms with Gasteiger partial charge in [0, 0.05) is 25.2 Å². The first kappa shape index (κ1) is 17.6. The molecule has 0 unspecified atom stereocenters. The Kier molecular flexibility index (Phi) is 4.89. The van der Waals surface area contributed by atoms with E-state index in [-0.39, 0.29) is 37.7 Å². The largest absolute Gasteiger partial charge is 0.508 e. The zero-order valence-corrected chi connectivity index (χ0v) is 13.2. The molecular weight excluding hydrogens is 309 g/mol. The highest BCUT2D eigenvalue weighted by Crippen LogP contribution is 2.25. The first-order valence-corrected chi connectivity index (χ1v) is 7.44. The van der Waals surface area contributed by atoms with Crippen LogP contribution in [0.3, 0.4) is 0 Å². The summed E-state index contributed by atoms with van der Waals surface area (Å²) in [6.07, 6.45) is -4.06. The Morgan fingerprint density at radius 1 is 1.22 bits per heavy atom. The SMILES string of the molecule is CC1(C)CN(CC(F)(F)F)CCN1C(=O)Cc1ccc(O)cc1. The fourth-order valence-electron chi connectivity index (χ4n) is 2.99. The lowest BCUT2D eigenvalue weighted by Crippen LogP contribution is -2.62. The molecule has 0 aromatic heterocycles. The highest BCUT2D eigenvalue weighted by Gasteiger charge is 2.40. The molecule has 1 aliphatic rings. The number of carbonyl (C=O) groups is 1. The number of hydrogen-bond donors (Lipinski definition) is 1. The van der Waals surface area contributed by atoms with Gasteiger partial charge in [0.2, 0.25) is 5.91 Å². The Hall–Kier alpha value is -1.76. The van der Waals surface area contributed by atoms with Crippen molar-refractivity contribution < 1.29 is 23.1 Å². The molecule has 1 saturated heterocycles. The Balaban J connectivity index is 2.00. The Bertz CT molecular complexity index is 555. The molecule has 7 heteroatoms. The zero-order chi connectivity index (χ0) is 17.3. The van der Waals surface area contributed by atoms with Gasteiger partial charge in [-0.1, -0.05) is 12.1 Å². The number of nitrogens with zero attached hydrogens (tertiary/aromatic N) is 2. The number of phenolic OH excluding ortho intramolecular Hbond substituents is 1. The van der Waals surface area contributed by atoms with Crippen molar-refractivity contribution in [2.45, 2.75) is 32.0 Å². The van der Waals surface area contributed by atoms with Crippen LogP contribution in [0.5, 0.6) is 5.75 Å². The van der Waals surface area contributed by atoms with Gasteiger partial charge in [-0.3, -0.25) is 9.69 Å². The summed E-state index contributed by atoms with van der Waals surface area (Å²) >= 11 is 0. The number of benzene rings is 1. The number of alkyl halides is 3. The molecule has 0 aliphatic carbocycles. The van der Waals surface area contributed by atoms with Crippen LogP contribution in [0.4, 0.5) is 13.2 Å². The van der Waals surface area contributed by atoms with Gasteiger partial charge in [-0.2, -0.15) is 13.2 Å². The molecular formula is C16H21F3N2O2. The zero-order valence-electron chi connectivity index (χ0n) is 13.2. The van der Waals surface area contributed by atoms with E-state index in [2.05, 4.69) is 0 Å². The van der Waals surface area contributed by atoms with Crippen LogP contribution in [0.2, 0.25) is 0 Å². The summed E-state index contributed by atoms with van der Waals surface area (Å²) in [5, 5.41) is 9.25. The van der Waals surface area contributed by atoms with Gasteiger partial charge in [0.15, 0.2) is 0 Å². The average molecular weight is 330 g/mol. The highest BCUT2D eigenvalue weighted by atomic mass is 19.4. The van der Waals surface area contributed by atoms with E-state index in [1.165, 1.54) is 17.0 Å². The van der Waals surface area contributed by atoms with Crippen LogP contribution in [0.1, 0.15) is 19.4 Å². The number of halogens is 3. The second-order valence-corrected chi connectivity index (χ2v) is 6.53. The van der Waals surface area contributed by atoms with Crippen LogP contribution in [0.25, 0.3) is 0 Å². The minimum Gasteiger partial charge on any atom is -0.508 e. The standard InChI is InChI=1S/C16H21F3N2O2/c1-15(2)10-20(11-16(17,18)19)7-8-21(15)14(23)9-12-3-5-13(22)6-4-12/h3-6,22H,7-11H2,1-2H3. The van der Waals surface area contributed by atoms with Crippen LogP contribution < -0.4 is 0 Å². The molecule has 1 aromatic rings. The number of phenols is 1. The molecule has 1 aliphatic heterocycles. The van der Waals surface area contributed by atoms with Gasteiger partial charge >= 0.3 is 6.18 Å². The molecule has 1 aromatic carbocycles. The number of aromatic hydroxyl groups is 1. The maximum Gasteiger partial charge on any atom is 0.401 e. The Labute approximate surface area is 133 Å². The molecule has 0 atom stereocenters. The fourth-order valence-corrected chi connectivity index (χ4v) is 2.99. The summed E-state index contributed by atoms with van der Waals surface area (Å²) < 4.78 is 37.6. The molecule has 2 rings (SSSR count). The molecule has 23 heavy (non-hydrogen) atoms. The smallest absolute Gasteiger partial charge is 0.401 e. The molecule has 0 spiro atoms. The second kappa shape index (κ2) is 6.39. The van der Waals surface area contributed by atoms with Crippen molar-refractivity contribution in [2.24, 2.45) is 0 Å². The molecule has 1 heterocycles. The first-order chi connectivity index (χ1) is 10.6. The van der Waals surface area contributed by atoms with E-state index in [1.807, 2.05) is 0 Å². The lowest BCUT2D eigenvalue weighted by atomic mass is 9.97. The predicted molar refractivity (Wildman–Crippen MR) is 80.1 cm³/mol. The minimum atomic E-state index is -4.23. The van der Waals surface area contributed by atoms with E-state index in [9.17, 15) is 23.1 Å². The van der Waals surface area contributed by atoms with Crippen molar-refractivity contribution in [2.75, 3.05) is 26.2 Å². The van der Waals surface area contributed by atoms with Crippen LogP contribution in [-0.4, -0.2) is 58.7 Å². The predicted octanol–water partition coefficient (Wildman–Crippen LogP) is 2.42. The van der Waals surface area contributed by atoms with Crippen LogP contribution in [0.15, 0.2) is 24.3 Å². The molecule has 1 N–H and O–H groups in total. The summed E-state index contributed by atoms with van der Waals surface area (Å²) in [4.78, 5) is 15.5. The Morgan fingerprint density at radius 3 is 2.35 bits per heavy atom. The maximum absolute atomic E-state index is 12.5. The van der Waals surface area contributed by atoms with Crippen LogP contribution in [-0.2, 0) is 11.2 Å². The number of hydrogen-bond acceptors (Lipinski definition) is 3. The third-order valence-corrected chi connectivity index (χ3v) is 3.98. The van der Waals surface area contributed by atoms with Crippen LogP contribution in [0, 0.1) is 0 Å². The summed E-state index contributed by atoms with van der Waals surface area (Å²) in [5.74, 6) is 0.00893. The number of amides is 1. The maximum atomic E-state index is 12.5. The van der Waals surface area contributed by atoms with Gasteiger partial charge in [0.25, 0.3) is 0 Å². The molecule has 1 amide bonds. The number of rotatable bonds is 3. The van der Waals surface area contributed by atoms with Crippen molar-refractivity contribution in [1.82, 2.24) is 9.80 Å². The number of carbonyl (C=O) groups excluding carboxylic acids is 1. The quantitative estimate of drug-likeness (QED) is 0.926. The Morgan fingerprint density at radius 2 is 1.83 bits per heavy atom. The molecule has 4 nitrogen and oxygen atoms in total. The van der Waals surface area contributed by atoms with Gasteiger partial charge in [-0.15, -0.1) is 0 Å².